The normalized spacial score (nSPS) is 15.2. The van der Waals surface area contributed by atoms with Crippen molar-refractivity contribution < 1.29 is 19.3 Å². The molecule has 1 amide bonds. The molecule has 1 aliphatic rings. The molecule has 2 heterocycles. The molecule has 32 heavy (non-hydrogen) atoms. The van der Waals surface area contributed by atoms with Crippen LogP contribution in [-0.2, 0) is 9.53 Å². The van der Waals surface area contributed by atoms with Gasteiger partial charge in [0.1, 0.15) is 5.82 Å². The number of nitrogens with two attached hydrogens (primary N) is 1. The molecule has 0 bridgehead atoms. The SMILES string of the molecule is CC(C)(C)C(=O)Nc1cc2c(I)c(C3CCOCC3)n(-c3ccc(F)cc3)c2cc1C=[NH2+]. The molecule has 1 saturated heterocycles. The molecule has 7 heteroatoms. The molecule has 3 aromatic rings. The summed E-state index contributed by atoms with van der Waals surface area (Å²) in [6.07, 6.45) is 3.37. The number of hydrogen-bond acceptors (Lipinski definition) is 2. The van der Waals surface area contributed by atoms with Crippen LogP contribution < -0.4 is 10.7 Å². The predicted octanol–water partition coefficient (Wildman–Crippen LogP) is 4.43. The van der Waals surface area contributed by atoms with Crippen LogP contribution in [0.2, 0.25) is 0 Å². The number of halogens is 2. The van der Waals surface area contributed by atoms with Gasteiger partial charge < -0.3 is 14.6 Å². The molecule has 0 aliphatic carbocycles. The van der Waals surface area contributed by atoms with Crippen molar-refractivity contribution in [1.82, 2.24) is 4.57 Å². The number of rotatable bonds is 4. The van der Waals surface area contributed by atoms with Crippen LogP contribution in [0.5, 0.6) is 0 Å². The van der Waals surface area contributed by atoms with E-state index in [1.165, 1.54) is 24.0 Å². The number of hydrogen-bond donors (Lipinski definition) is 2. The van der Waals surface area contributed by atoms with Crippen molar-refractivity contribution in [3.63, 3.8) is 0 Å². The lowest BCUT2D eigenvalue weighted by Gasteiger charge is -2.24. The molecule has 0 saturated carbocycles. The molecule has 1 aliphatic heterocycles. The fraction of sp³-hybridized carbons (Fsp3) is 0.360. The minimum absolute atomic E-state index is 0.0717. The van der Waals surface area contributed by atoms with Gasteiger partial charge in [-0.05, 0) is 71.8 Å². The van der Waals surface area contributed by atoms with E-state index in [4.69, 9.17) is 10.1 Å². The van der Waals surface area contributed by atoms with Crippen molar-refractivity contribution >= 4 is 51.3 Å². The van der Waals surface area contributed by atoms with E-state index in [9.17, 15) is 9.18 Å². The third-order valence-corrected chi connectivity index (χ3v) is 7.05. The summed E-state index contributed by atoms with van der Waals surface area (Å²) in [5.74, 6) is -0.0145. The molecule has 3 N–H and O–H groups in total. The molecule has 2 aromatic carbocycles. The van der Waals surface area contributed by atoms with Crippen molar-refractivity contribution in [1.29, 1.82) is 0 Å². The van der Waals surface area contributed by atoms with Gasteiger partial charge in [0.05, 0.1) is 16.8 Å². The maximum absolute atomic E-state index is 13.7. The lowest BCUT2D eigenvalue weighted by Crippen LogP contribution is -2.32. The minimum Gasteiger partial charge on any atom is -0.381 e. The Morgan fingerprint density at radius 3 is 2.47 bits per heavy atom. The van der Waals surface area contributed by atoms with Gasteiger partial charge in [-0.3, -0.25) is 10.2 Å². The predicted molar refractivity (Wildman–Crippen MR) is 134 cm³/mol. The summed E-state index contributed by atoms with van der Waals surface area (Å²) in [5.41, 5.74) is 3.97. The zero-order valence-corrected chi connectivity index (χ0v) is 20.7. The number of nitrogens with zero attached hydrogens (tertiary/aromatic N) is 1. The quantitative estimate of drug-likeness (QED) is 0.374. The van der Waals surface area contributed by atoms with Gasteiger partial charge in [0.25, 0.3) is 0 Å². The maximum Gasteiger partial charge on any atom is 0.229 e. The highest BCUT2D eigenvalue weighted by atomic mass is 127. The van der Waals surface area contributed by atoms with E-state index in [0.717, 1.165) is 51.8 Å². The second-order valence-corrected chi connectivity index (χ2v) is 10.3. The Morgan fingerprint density at radius 2 is 1.88 bits per heavy atom. The van der Waals surface area contributed by atoms with Crippen LogP contribution in [0.1, 0.15) is 50.8 Å². The van der Waals surface area contributed by atoms with E-state index >= 15 is 0 Å². The summed E-state index contributed by atoms with van der Waals surface area (Å²) in [6, 6.07) is 10.6. The van der Waals surface area contributed by atoms with E-state index in [-0.39, 0.29) is 11.7 Å². The largest absolute Gasteiger partial charge is 0.381 e. The van der Waals surface area contributed by atoms with E-state index in [0.29, 0.717) is 11.6 Å². The van der Waals surface area contributed by atoms with Crippen LogP contribution in [0.4, 0.5) is 10.1 Å². The molecular weight excluding hydrogens is 520 g/mol. The Hall–Kier alpha value is -2.26. The number of amides is 1. The Balaban J connectivity index is 1.95. The van der Waals surface area contributed by atoms with Gasteiger partial charge in [0.15, 0.2) is 6.21 Å². The van der Waals surface area contributed by atoms with Crippen molar-refractivity contribution in [3.05, 3.63) is 57.0 Å². The third kappa shape index (κ3) is 4.32. The Kier molecular flexibility index (Phi) is 6.40. The summed E-state index contributed by atoms with van der Waals surface area (Å²) in [5, 5.41) is 10.0. The van der Waals surface area contributed by atoms with E-state index in [1.54, 1.807) is 12.1 Å². The van der Waals surface area contributed by atoms with Gasteiger partial charge in [-0.2, -0.15) is 0 Å². The first kappa shape index (κ1) is 22.9. The smallest absolute Gasteiger partial charge is 0.229 e. The first-order valence-electron chi connectivity index (χ1n) is 10.8. The van der Waals surface area contributed by atoms with Gasteiger partial charge >= 0.3 is 0 Å². The van der Waals surface area contributed by atoms with Gasteiger partial charge in [0.2, 0.25) is 5.91 Å². The Bertz CT molecular complexity index is 1170. The number of nitrogens with one attached hydrogen (secondary N) is 1. The zero-order valence-electron chi connectivity index (χ0n) is 18.5. The van der Waals surface area contributed by atoms with Crippen LogP contribution in [0, 0.1) is 14.8 Å². The van der Waals surface area contributed by atoms with Crippen LogP contribution in [0.3, 0.4) is 0 Å². The summed E-state index contributed by atoms with van der Waals surface area (Å²) >= 11 is 2.40. The molecule has 1 fully saturated rings. The molecule has 168 valence electrons. The average Bonchev–Trinajstić information content (AvgIpc) is 3.05. The number of benzene rings is 2. The van der Waals surface area contributed by atoms with E-state index in [2.05, 4.69) is 32.5 Å². The monoisotopic (exact) mass is 548 g/mol. The Morgan fingerprint density at radius 1 is 1.22 bits per heavy atom. The molecule has 0 unspecified atom stereocenters. The third-order valence-electron chi connectivity index (χ3n) is 5.91. The van der Waals surface area contributed by atoms with Crippen molar-refractivity contribution in [2.24, 2.45) is 5.41 Å². The number of fused-ring (bicyclic) bond motifs is 1. The molecule has 0 spiro atoms. The van der Waals surface area contributed by atoms with Gasteiger partial charge in [-0.15, -0.1) is 0 Å². The average molecular weight is 548 g/mol. The van der Waals surface area contributed by atoms with Crippen molar-refractivity contribution in [2.45, 2.75) is 39.5 Å². The number of aromatic nitrogens is 1. The van der Waals surface area contributed by atoms with E-state index < -0.39 is 5.41 Å². The lowest BCUT2D eigenvalue weighted by molar-refractivity contribution is -0.123. The van der Waals surface area contributed by atoms with Crippen LogP contribution in [0.15, 0.2) is 36.4 Å². The first-order valence-corrected chi connectivity index (χ1v) is 11.9. The highest BCUT2D eigenvalue weighted by Gasteiger charge is 2.28. The number of carbonyl (C=O) groups is 1. The summed E-state index contributed by atoms with van der Waals surface area (Å²) in [6.45, 7) is 7.08. The second-order valence-electron chi connectivity index (χ2n) is 9.23. The van der Waals surface area contributed by atoms with Crippen molar-refractivity contribution in [3.8, 4) is 5.69 Å². The van der Waals surface area contributed by atoms with Crippen LogP contribution >= 0.6 is 22.6 Å². The van der Waals surface area contributed by atoms with Crippen molar-refractivity contribution in [2.75, 3.05) is 18.5 Å². The fourth-order valence-corrected chi connectivity index (χ4v) is 5.20. The Labute approximate surface area is 201 Å². The fourth-order valence-electron chi connectivity index (χ4n) is 4.09. The molecule has 0 radical (unpaired) electrons. The number of carbonyl (C=O) groups excluding carboxylic acids is 1. The highest BCUT2D eigenvalue weighted by Crippen LogP contribution is 2.40. The van der Waals surface area contributed by atoms with E-state index in [1.807, 2.05) is 32.9 Å². The maximum atomic E-state index is 13.7. The van der Waals surface area contributed by atoms with Gasteiger partial charge in [-0.1, -0.05) is 20.8 Å². The molecular formula is C25H28FIN3O2+. The summed E-state index contributed by atoms with van der Waals surface area (Å²) < 4.78 is 22.6. The standard InChI is InChI=1S/C25H27FIN3O2/c1-25(2,3)24(31)29-20-13-19-21(12-16(20)14-28)30(18-6-4-17(26)5-7-18)23(22(19)27)15-8-10-32-11-9-15/h4-7,12-15,28H,8-11H2,1-3H3,(H,29,31)/p+1. The molecule has 0 atom stereocenters. The molecule has 4 rings (SSSR count). The highest BCUT2D eigenvalue weighted by molar-refractivity contribution is 14.1. The second kappa shape index (κ2) is 8.94. The summed E-state index contributed by atoms with van der Waals surface area (Å²) in [7, 11) is 0. The first-order chi connectivity index (χ1) is 15.2. The summed E-state index contributed by atoms with van der Waals surface area (Å²) in [4.78, 5) is 12.7. The lowest BCUT2D eigenvalue weighted by atomic mass is 9.95. The van der Waals surface area contributed by atoms with Crippen LogP contribution in [-0.4, -0.2) is 29.9 Å². The number of ether oxygens (including phenoxy) is 1. The topological polar surface area (TPSA) is 68.8 Å². The van der Waals surface area contributed by atoms with Gasteiger partial charge in [-0.25, -0.2) is 4.39 Å². The molecule has 1 aromatic heterocycles. The number of anilines is 1. The zero-order chi connectivity index (χ0) is 23.0. The van der Waals surface area contributed by atoms with Crippen LogP contribution in [0.25, 0.3) is 16.6 Å². The van der Waals surface area contributed by atoms with Gasteiger partial charge in [0, 0.05) is 44.9 Å². The molecule has 5 nitrogen and oxygen atoms in total. The minimum atomic E-state index is -0.527.